The first-order chi connectivity index (χ1) is 17.2. The van der Waals surface area contributed by atoms with Gasteiger partial charge in [0.25, 0.3) is 0 Å². The van der Waals surface area contributed by atoms with Gasteiger partial charge in [-0.25, -0.2) is 0 Å². The van der Waals surface area contributed by atoms with Crippen molar-refractivity contribution < 1.29 is 27.4 Å². The average molecular weight is 516 g/mol. The number of amides is 1. The number of rotatable bonds is 7. The Kier molecular flexibility index (Phi) is 7.21. The number of anilines is 3. The molecule has 36 heavy (non-hydrogen) atoms. The Morgan fingerprint density at radius 3 is 2.28 bits per heavy atom. The maximum atomic E-state index is 13.1. The van der Waals surface area contributed by atoms with Crippen LogP contribution in [0.1, 0.15) is 11.1 Å². The lowest BCUT2D eigenvalue weighted by molar-refractivity contribution is -0.137. The molecule has 0 fully saturated rings. The zero-order valence-electron chi connectivity index (χ0n) is 19.2. The third-order valence-corrected chi connectivity index (χ3v) is 5.72. The fourth-order valence-electron chi connectivity index (χ4n) is 3.66. The molecule has 186 valence electrons. The van der Waals surface area contributed by atoms with Crippen molar-refractivity contribution in [1.82, 2.24) is 4.98 Å². The van der Waals surface area contributed by atoms with Gasteiger partial charge in [-0.1, -0.05) is 17.7 Å². The Bertz CT molecular complexity index is 1410. The van der Waals surface area contributed by atoms with Gasteiger partial charge in [0.2, 0.25) is 5.91 Å². The summed E-state index contributed by atoms with van der Waals surface area (Å²) < 4.78 is 49.9. The first-order valence-corrected chi connectivity index (χ1v) is 11.1. The fraction of sp³-hybridized carbons (Fsp3) is 0.154. The summed E-state index contributed by atoms with van der Waals surface area (Å²) >= 11 is 5.64. The zero-order chi connectivity index (χ0) is 25.9. The minimum Gasteiger partial charge on any atom is -0.493 e. The Morgan fingerprint density at radius 2 is 1.61 bits per heavy atom. The van der Waals surface area contributed by atoms with Crippen molar-refractivity contribution in [3.05, 3.63) is 83.0 Å². The standard InChI is InChI=1S/C26H21ClF3N3O3/c1-35-23-13-18-21(9-10-31-22(18)14-24(23)36-2)32-16-4-6-17(7-5-16)33-25(34)12-15-3-8-20(27)19(11-15)26(28,29)30/h3-11,13-14H,12H2,1-2H3,(H,31,32)(H,33,34). The highest BCUT2D eigenvalue weighted by atomic mass is 35.5. The van der Waals surface area contributed by atoms with Gasteiger partial charge in [0.15, 0.2) is 11.5 Å². The van der Waals surface area contributed by atoms with Crippen molar-refractivity contribution in [3.8, 4) is 11.5 Å². The quantitative estimate of drug-likeness (QED) is 0.282. The molecule has 10 heteroatoms. The van der Waals surface area contributed by atoms with Crippen LogP contribution >= 0.6 is 11.6 Å². The Balaban J connectivity index is 1.46. The van der Waals surface area contributed by atoms with E-state index in [2.05, 4.69) is 15.6 Å². The summed E-state index contributed by atoms with van der Waals surface area (Å²) in [5.74, 6) is 0.692. The Labute approximate surface area is 210 Å². The maximum Gasteiger partial charge on any atom is 0.417 e. The number of nitrogens with one attached hydrogen (secondary N) is 2. The van der Waals surface area contributed by atoms with Gasteiger partial charge in [0, 0.05) is 34.7 Å². The molecular formula is C26H21ClF3N3O3. The molecule has 0 radical (unpaired) electrons. The maximum absolute atomic E-state index is 13.1. The molecule has 2 N–H and O–H groups in total. The normalized spacial score (nSPS) is 11.3. The van der Waals surface area contributed by atoms with E-state index in [-0.39, 0.29) is 12.0 Å². The number of fused-ring (bicyclic) bond motifs is 1. The second-order valence-electron chi connectivity index (χ2n) is 7.82. The predicted octanol–water partition coefficient (Wildman–Crippen LogP) is 6.85. The lowest BCUT2D eigenvalue weighted by Gasteiger charge is -2.13. The van der Waals surface area contributed by atoms with Crippen molar-refractivity contribution in [2.45, 2.75) is 12.6 Å². The highest BCUT2D eigenvalue weighted by molar-refractivity contribution is 6.31. The molecule has 4 rings (SSSR count). The van der Waals surface area contributed by atoms with Crippen LogP contribution in [0.4, 0.5) is 30.2 Å². The molecule has 0 aliphatic heterocycles. The monoisotopic (exact) mass is 515 g/mol. The van der Waals surface area contributed by atoms with E-state index in [0.29, 0.717) is 17.2 Å². The van der Waals surface area contributed by atoms with Crippen LogP contribution in [0.5, 0.6) is 11.5 Å². The van der Waals surface area contributed by atoms with Crippen molar-refractivity contribution in [2.75, 3.05) is 24.9 Å². The van der Waals surface area contributed by atoms with Crippen LogP contribution in [-0.4, -0.2) is 25.1 Å². The van der Waals surface area contributed by atoms with Crippen molar-refractivity contribution in [1.29, 1.82) is 0 Å². The topological polar surface area (TPSA) is 72.5 Å². The van der Waals surface area contributed by atoms with E-state index in [1.165, 1.54) is 6.07 Å². The Morgan fingerprint density at radius 1 is 0.944 bits per heavy atom. The molecule has 0 bridgehead atoms. The number of hydrogen-bond acceptors (Lipinski definition) is 5. The summed E-state index contributed by atoms with van der Waals surface area (Å²) in [7, 11) is 3.11. The number of carbonyl (C=O) groups is 1. The van der Waals surface area contributed by atoms with Gasteiger partial charge in [-0.3, -0.25) is 9.78 Å². The molecule has 0 aliphatic rings. The van der Waals surface area contributed by atoms with Crippen molar-refractivity contribution >= 4 is 45.5 Å². The minimum atomic E-state index is -4.59. The van der Waals surface area contributed by atoms with Gasteiger partial charge < -0.3 is 20.1 Å². The predicted molar refractivity (Wildman–Crippen MR) is 133 cm³/mol. The number of nitrogens with zero attached hydrogens (tertiary/aromatic N) is 1. The molecule has 1 amide bonds. The molecule has 1 aromatic heterocycles. The largest absolute Gasteiger partial charge is 0.493 e. The molecule has 0 saturated carbocycles. The summed E-state index contributed by atoms with van der Waals surface area (Å²) in [6.07, 6.45) is -3.15. The summed E-state index contributed by atoms with van der Waals surface area (Å²) in [5, 5.41) is 6.42. The van der Waals surface area contributed by atoms with Gasteiger partial charge in [-0.2, -0.15) is 13.2 Å². The van der Waals surface area contributed by atoms with Gasteiger partial charge in [-0.15, -0.1) is 0 Å². The molecule has 6 nitrogen and oxygen atoms in total. The number of hydrogen-bond donors (Lipinski definition) is 2. The van der Waals surface area contributed by atoms with E-state index in [4.69, 9.17) is 21.1 Å². The van der Waals surface area contributed by atoms with E-state index >= 15 is 0 Å². The van der Waals surface area contributed by atoms with Gasteiger partial charge in [0.1, 0.15) is 0 Å². The molecule has 4 aromatic rings. The number of alkyl halides is 3. The number of pyridine rings is 1. The van der Waals surface area contributed by atoms with Crippen LogP contribution in [0.3, 0.4) is 0 Å². The summed E-state index contributed by atoms with van der Waals surface area (Å²) in [4.78, 5) is 16.8. The summed E-state index contributed by atoms with van der Waals surface area (Å²) in [6.45, 7) is 0. The summed E-state index contributed by atoms with van der Waals surface area (Å²) in [5.41, 5.74) is 2.01. The third kappa shape index (κ3) is 5.63. The van der Waals surface area contributed by atoms with E-state index in [9.17, 15) is 18.0 Å². The molecule has 0 atom stereocenters. The lowest BCUT2D eigenvalue weighted by Crippen LogP contribution is -2.15. The number of benzene rings is 3. The van der Waals surface area contributed by atoms with E-state index in [0.717, 1.165) is 34.4 Å². The lowest BCUT2D eigenvalue weighted by atomic mass is 10.1. The molecular weight excluding hydrogens is 495 g/mol. The van der Waals surface area contributed by atoms with E-state index < -0.39 is 22.7 Å². The van der Waals surface area contributed by atoms with Gasteiger partial charge in [0.05, 0.1) is 36.7 Å². The number of halogens is 4. The minimum absolute atomic E-state index is 0.208. The van der Waals surface area contributed by atoms with Crippen molar-refractivity contribution in [3.63, 3.8) is 0 Å². The van der Waals surface area contributed by atoms with Crippen LogP contribution < -0.4 is 20.1 Å². The summed E-state index contributed by atoms with van der Waals surface area (Å²) in [6, 6.07) is 15.8. The first kappa shape index (κ1) is 25.1. The van der Waals surface area contributed by atoms with Crippen molar-refractivity contribution in [2.24, 2.45) is 0 Å². The second-order valence-corrected chi connectivity index (χ2v) is 8.23. The highest BCUT2D eigenvalue weighted by Gasteiger charge is 2.33. The van der Waals surface area contributed by atoms with Gasteiger partial charge >= 0.3 is 6.18 Å². The highest BCUT2D eigenvalue weighted by Crippen LogP contribution is 2.36. The number of aromatic nitrogens is 1. The first-order valence-electron chi connectivity index (χ1n) is 10.7. The van der Waals surface area contributed by atoms with Gasteiger partial charge in [-0.05, 0) is 54.1 Å². The van der Waals surface area contributed by atoms with E-state index in [1.807, 2.05) is 12.1 Å². The smallest absolute Gasteiger partial charge is 0.417 e. The number of ether oxygens (including phenoxy) is 2. The molecule has 0 spiro atoms. The fourth-order valence-corrected chi connectivity index (χ4v) is 3.89. The molecule has 1 heterocycles. The van der Waals surface area contributed by atoms with Crippen LogP contribution in [0.25, 0.3) is 10.9 Å². The third-order valence-electron chi connectivity index (χ3n) is 5.40. The molecule has 0 unspecified atom stereocenters. The molecule has 0 aliphatic carbocycles. The zero-order valence-corrected chi connectivity index (χ0v) is 20.0. The van der Waals surface area contributed by atoms with E-state index in [1.54, 1.807) is 50.7 Å². The molecule has 0 saturated heterocycles. The second kappa shape index (κ2) is 10.3. The SMILES string of the molecule is COc1cc2nccc(Nc3ccc(NC(=O)Cc4ccc(Cl)c(C(F)(F)F)c4)cc3)c2cc1OC. The van der Waals surface area contributed by atoms with Crippen LogP contribution in [0, 0.1) is 0 Å². The molecule has 3 aromatic carbocycles. The van der Waals surface area contributed by atoms with Crippen LogP contribution in [0.15, 0.2) is 66.9 Å². The van der Waals surface area contributed by atoms with Crippen LogP contribution in [0.2, 0.25) is 5.02 Å². The van der Waals surface area contributed by atoms with Crippen LogP contribution in [-0.2, 0) is 17.4 Å². The number of methoxy groups -OCH3 is 2. The average Bonchev–Trinajstić information content (AvgIpc) is 2.85. The Hall–Kier alpha value is -3.98. The number of carbonyl (C=O) groups excluding carboxylic acids is 1.